The maximum absolute atomic E-state index is 13.0. The molecule has 1 unspecified atom stereocenters. The summed E-state index contributed by atoms with van der Waals surface area (Å²) in [5.74, 6) is 0.295. The van der Waals surface area contributed by atoms with Crippen LogP contribution in [-0.4, -0.2) is 28.9 Å². The average molecular weight is 272 g/mol. The maximum Gasteiger partial charge on any atom is 0.243 e. The van der Waals surface area contributed by atoms with Crippen LogP contribution >= 0.6 is 0 Å². The molecular weight excluding hydrogens is 248 g/mol. The summed E-state index contributed by atoms with van der Waals surface area (Å²) < 4.78 is 0. The predicted octanol–water partition coefficient (Wildman–Crippen LogP) is 2.71. The lowest BCUT2D eigenvalue weighted by Gasteiger charge is -2.38. The largest absolute Gasteiger partial charge is 0.334 e. The number of nitrogens with one attached hydrogen (secondary N) is 1. The summed E-state index contributed by atoms with van der Waals surface area (Å²) >= 11 is 0. The summed E-state index contributed by atoms with van der Waals surface area (Å²) in [7, 11) is 0. The fraction of sp³-hybridized carbons (Fsp3) is 0.588. The fourth-order valence-electron chi connectivity index (χ4n) is 3.09. The average Bonchev–Trinajstić information content (AvgIpc) is 3.30. The lowest BCUT2D eigenvalue weighted by Crippen LogP contribution is -2.58. The van der Waals surface area contributed by atoms with Crippen LogP contribution in [0.4, 0.5) is 0 Å². The van der Waals surface area contributed by atoms with Gasteiger partial charge < -0.3 is 10.2 Å². The molecule has 2 aliphatic rings. The van der Waals surface area contributed by atoms with Crippen LogP contribution in [0.1, 0.15) is 44.6 Å². The van der Waals surface area contributed by atoms with Gasteiger partial charge in [-0.1, -0.05) is 30.3 Å². The Labute approximate surface area is 121 Å². The van der Waals surface area contributed by atoms with E-state index in [-0.39, 0.29) is 5.54 Å². The third-order valence-electron chi connectivity index (χ3n) is 4.53. The first-order valence-electron chi connectivity index (χ1n) is 7.79. The van der Waals surface area contributed by atoms with E-state index in [2.05, 4.69) is 29.3 Å². The SMILES string of the molecule is CC1(C(=O)N(Cc2ccccc2)C2CC2)CCCCN1. The number of nitrogens with zero attached hydrogens (tertiary/aromatic N) is 1. The van der Waals surface area contributed by atoms with Gasteiger partial charge in [0.2, 0.25) is 5.91 Å². The van der Waals surface area contributed by atoms with E-state index in [1.807, 2.05) is 18.2 Å². The van der Waals surface area contributed by atoms with Crippen molar-refractivity contribution < 1.29 is 4.79 Å². The molecule has 0 bridgehead atoms. The number of hydrogen-bond donors (Lipinski definition) is 1. The van der Waals surface area contributed by atoms with Gasteiger partial charge in [0, 0.05) is 12.6 Å². The number of carbonyl (C=O) groups excluding carboxylic acids is 1. The van der Waals surface area contributed by atoms with Crippen molar-refractivity contribution in [3.05, 3.63) is 35.9 Å². The predicted molar refractivity (Wildman–Crippen MR) is 80.3 cm³/mol. The van der Waals surface area contributed by atoms with Crippen LogP contribution in [-0.2, 0) is 11.3 Å². The highest BCUT2D eigenvalue weighted by Gasteiger charge is 2.42. The summed E-state index contributed by atoms with van der Waals surface area (Å²) in [5, 5.41) is 3.45. The molecule has 1 aliphatic carbocycles. The van der Waals surface area contributed by atoms with Crippen molar-refractivity contribution in [1.29, 1.82) is 0 Å². The van der Waals surface area contributed by atoms with Crippen LogP contribution in [0.5, 0.6) is 0 Å². The number of amides is 1. The van der Waals surface area contributed by atoms with Crippen LogP contribution in [0.3, 0.4) is 0 Å². The van der Waals surface area contributed by atoms with E-state index >= 15 is 0 Å². The molecule has 1 aliphatic heterocycles. The van der Waals surface area contributed by atoms with Gasteiger partial charge in [0.1, 0.15) is 0 Å². The third-order valence-corrected chi connectivity index (χ3v) is 4.53. The molecule has 3 rings (SSSR count). The van der Waals surface area contributed by atoms with Gasteiger partial charge in [0.05, 0.1) is 5.54 Å². The Morgan fingerprint density at radius 2 is 2.05 bits per heavy atom. The van der Waals surface area contributed by atoms with Crippen molar-refractivity contribution in [2.45, 2.75) is 57.2 Å². The molecule has 108 valence electrons. The highest BCUT2D eigenvalue weighted by Crippen LogP contribution is 2.32. The Morgan fingerprint density at radius 1 is 1.30 bits per heavy atom. The topological polar surface area (TPSA) is 32.3 Å². The first kappa shape index (κ1) is 13.6. The molecule has 0 spiro atoms. The van der Waals surface area contributed by atoms with E-state index in [0.717, 1.165) is 38.8 Å². The first-order chi connectivity index (χ1) is 9.69. The second-order valence-corrected chi connectivity index (χ2v) is 6.37. The molecule has 3 nitrogen and oxygen atoms in total. The van der Waals surface area contributed by atoms with Gasteiger partial charge in [-0.2, -0.15) is 0 Å². The van der Waals surface area contributed by atoms with Gasteiger partial charge >= 0.3 is 0 Å². The Morgan fingerprint density at radius 3 is 2.65 bits per heavy atom. The molecule has 0 radical (unpaired) electrons. The molecule has 1 saturated carbocycles. The Bertz CT molecular complexity index is 461. The Balaban J connectivity index is 1.75. The van der Waals surface area contributed by atoms with Crippen LogP contribution in [0.2, 0.25) is 0 Å². The van der Waals surface area contributed by atoms with Crippen molar-refractivity contribution in [3.63, 3.8) is 0 Å². The number of piperidine rings is 1. The zero-order chi connectivity index (χ0) is 14.0. The monoisotopic (exact) mass is 272 g/mol. The molecule has 1 saturated heterocycles. The third kappa shape index (κ3) is 2.88. The molecule has 1 amide bonds. The lowest BCUT2D eigenvalue weighted by molar-refractivity contribution is -0.140. The highest BCUT2D eigenvalue weighted by molar-refractivity contribution is 5.86. The van der Waals surface area contributed by atoms with E-state index < -0.39 is 0 Å². The molecule has 1 N–H and O–H groups in total. The van der Waals surface area contributed by atoms with Crippen molar-refractivity contribution in [1.82, 2.24) is 10.2 Å². The smallest absolute Gasteiger partial charge is 0.243 e. The van der Waals surface area contributed by atoms with Gasteiger partial charge in [-0.25, -0.2) is 0 Å². The number of benzene rings is 1. The molecular formula is C17H24N2O. The maximum atomic E-state index is 13.0. The lowest BCUT2D eigenvalue weighted by atomic mass is 9.89. The van der Waals surface area contributed by atoms with Crippen molar-refractivity contribution >= 4 is 5.91 Å². The van der Waals surface area contributed by atoms with E-state index in [4.69, 9.17) is 0 Å². The Hall–Kier alpha value is -1.35. The zero-order valence-corrected chi connectivity index (χ0v) is 12.3. The first-order valence-corrected chi connectivity index (χ1v) is 7.79. The van der Waals surface area contributed by atoms with Gasteiger partial charge in [-0.05, 0) is 51.1 Å². The summed E-state index contributed by atoms with van der Waals surface area (Å²) in [6.07, 6.45) is 5.62. The summed E-state index contributed by atoms with van der Waals surface area (Å²) in [6, 6.07) is 10.8. The van der Waals surface area contributed by atoms with Crippen LogP contribution in [0, 0.1) is 0 Å². The summed E-state index contributed by atoms with van der Waals surface area (Å²) in [4.78, 5) is 15.1. The van der Waals surface area contributed by atoms with E-state index in [9.17, 15) is 4.79 Å². The minimum Gasteiger partial charge on any atom is -0.334 e. The molecule has 20 heavy (non-hydrogen) atoms. The number of hydrogen-bond acceptors (Lipinski definition) is 2. The number of carbonyl (C=O) groups is 1. The molecule has 0 aromatic heterocycles. The molecule has 1 aromatic carbocycles. The van der Waals surface area contributed by atoms with Crippen molar-refractivity contribution in [2.75, 3.05) is 6.54 Å². The minimum atomic E-state index is -0.352. The second kappa shape index (κ2) is 5.57. The molecule has 1 heterocycles. The molecule has 2 fully saturated rings. The molecule has 1 aromatic rings. The van der Waals surface area contributed by atoms with Crippen molar-refractivity contribution in [2.24, 2.45) is 0 Å². The van der Waals surface area contributed by atoms with Crippen molar-refractivity contribution in [3.8, 4) is 0 Å². The Kier molecular flexibility index (Phi) is 3.79. The molecule has 1 atom stereocenters. The van der Waals surface area contributed by atoms with Crippen LogP contribution < -0.4 is 5.32 Å². The number of rotatable bonds is 4. The second-order valence-electron chi connectivity index (χ2n) is 6.37. The standard InChI is InChI=1S/C17H24N2O/c1-17(11-5-6-12-18-17)16(20)19(15-9-10-15)13-14-7-3-2-4-8-14/h2-4,7-8,15,18H,5-6,9-13H2,1H3. The van der Waals surface area contributed by atoms with Gasteiger partial charge in [-0.3, -0.25) is 4.79 Å². The van der Waals surface area contributed by atoms with Crippen LogP contribution in [0.25, 0.3) is 0 Å². The van der Waals surface area contributed by atoms with Gasteiger partial charge in [0.15, 0.2) is 0 Å². The fourth-order valence-corrected chi connectivity index (χ4v) is 3.09. The van der Waals surface area contributed by atoms with E-state index in [1.54, 1.807) is 0 Å². The zero-order valence-electron chi connectivity index (χ0n) is 12.3. The van der Waals surface area contributed by atoms with Crippen LogP contribution in [0.15, 0.2) is 30.3 Å². The van der Waals surface area contributed by atoms with Gasteiger partial charge in [0.25, 0.3) is 0 Å². The minimum absolute atomic E-state index is 0.295. The summed E-state index contributed by atoms with van der Waals surface area (Å²) in [5.41, 5.74) is 0.877. The van der Waals surface area contributed by atoms with E-state index in [1.165, 1.54) is 12.0 Å². The normalized spacial score (nSPS) is 26.2. The highest BCUT2D eigenvalue weighted by atomic mass is 16.2. The molecule has 3 heteroatoms. The van der Waals surface area contributed by atoms with E-state index in [0.29, 0.717) is 11.9 Å². The van der Waals surface area contributed by atoms with Gasteiger partial charge in [-0.15, -0.1) is 0 Å². The summed E-state index contributed by atoms with van der Waals surface area (Å²) in [6.45, 7) is 3.79. The quantitative estimate of drug-likeness (QED) is 0.914.